The summed E-state index contributed by atoms with van der Waals surface area (Å²) in [6, 6.07) is 9.82. The van der Waals surface area contributed by atoms with Gasteiger partial charge in [-0.3, -0.25) is 9.59 Å². The van der Waals surface area contributed by atoms with E-state index in [0.717, 1.165) is 42.8 Å². The molecule has 2 N–H and O–H groups in total. The van der Waals surface area contributed by atoms with Crippen molar-refractivity contribution in [1.82, 2.24) is 24.8 Å². The van der Waals surface area contributed by atoms with Crippen LogP contribution in [0.25, 0.3) is 11.0 Å². The van der Waals surface area contributed by atoms with E-state index >= 15 is 0 Å². The maximum Gasteiger partial charge on any atom is 0.263 e. The van der Waals surface area contributed by atoms with Crippen molar-refractivity contribution >= 4 is 16.9 Å². The molecule has 4 rings (SSSR count). The second-order valence-corrected chi connectivity index (χ2v) is 8.13. The molecule has 0 radical (unpaired) electrons. The fourth-order valence-corrected chi connectivity index (χ4v) is 4.24. The first-order valence-electron chi connectivity index (χ1n) is 10.6. The summed E-state index contributed by atoms with van der Waals surface area (Å²) in [5.74, 6) is 1.02. The Bertz CT molecular complexity index is 1110. The lowest BCUT2D eigenvalue weighted by atomic mass is 9.99. The predicted molar refractivity (Wildman–Crippen MR) is 118 cm³/mol. The minimum absolute atomic E-state index is 0.208. The van der Waals surface area contributed by atoms with Crippen LogP contribution in [-0.2, 0) is 20.0 Å². The smallest absolute Gasteiger partial charge is 0.263 e. The zero-order chi connectivity index (χ0) is 21.1. The van der Waals surface area contributed by atoms with E-state index in [-0.39, 0.29) is 17.0 Å². The number of carbonyl (C=O) groups is 1. The molecule has 3 heterocycles. The van der Waals surface area contributed by atoms with Crippen molar-refractivity contribution < 1.29 is 4.79 Å². The predicted octanol–water partition coefficient (Wildman–Crippen LogP) is 2.02. The Morgan fingerprint density at radius 1 is 1.30 bits per heavy atom. The Morgan fingerprint density at radius 2 is 2.13 bits per heavy atom. The van der Waals surface area contributed by atoms with Crippen LogP contribution in [0.3, 0.4) is 0 Å². The van der Waals surface area contributed by atoms with Gasteiger partial charge in [0, 0.05) is 32.8 Å². The number of piperidine rings is 1. The molecule has 0 saturated carbocycles. The van der Waals surface area contributed by atoms with Crippen molar-refractivity contribution in [1.29, 1.82) is 0 Å². The van der Waals surface area contributed by atoms with E-state index in [2.05, 4.69) is 15.6 Å². The number of fused-ring (bicyclic) bond motifs is 1. The van der Waals surface area contributed by atoms with Crippen molar-refractivity contribution in [3.05, 3.63) is 63.8 Å². The van der Waals surface area contributed by atoms with Gasteiger partial charge >= 0.3 is 0 Å². The number of amides is 1. The van der Waals surface area contributed by atoms with Crippen molar-refractivity contribution in [2.24, 2.45) is 13.0 Å². The largest absolute Gasteiger partial charge is 0.351 e. The van der Waals surface area contributed by atoms with Crippen molar-refractivity contribution in [3.63, 3.8) is 0 Å². The fourth-order valence-electron chi connectivity index (χ4n) is 4.24. The topological polar surface area (TPSA) is 81.0 Å². The van der Waals surface area contributed by atoms with Gasteiger partial charge in [-0.2, -0.15) is 0 Å². The van der Waals surface area contributed by atoms with Crippen LogP contribution in [0.15, 0.2) is 41.3 Å². The summed E-state index contributed by atoms with van der Waals surface area (Å²) < 4.78 is 3.73. The number of hydrogen-bond acceptors (Lipinski definition) is 4. The van der Waals surface area contributed by atoms with Gasteiger partial charge in [-0.25, -0.2) is 4.98 Å². The van der Waals surface area contributed by atoms with Gasteiger partial charge in [0.25, 0.3) is 11.5 Å². The molecule has 0 aliphatic carbocycles. The molecular weight excluding hydrogens is 378 g/mol. The zero-order valence-electron chi connectivity index (χ0n) is 17.6. The maximum absolute atomic E-state index is 13.0. The summed E-state index contributed by atoms with van der Waals surface area (Å²) in [5.41, 5.74) is 2.75. The number of benzene rings is 1. The third kappa shape index (κ3) is 4.16. The number of hydrogen-bond donors (Lipinski definition) is 2. The van der Waals surface area contributed by atoms with Crippen LogP contribution in [0.4, 0.5) is 0 Å². The van der Waals surface area contributed by atoms with E-state index in [1.807, 2.05) is 55.1 Å². The van der Waals surface area contributed by atoms with Crippen LogP contribution in [0, 0.1) is 12.8 Å². The number of para-hydroxylation sites is 2. The summed E-state index contributed by atoms with van der Waals surface area (Å²) in [5, 5.41) is 6.29. The summed E-state index contributed by atoms with van der Waals surface area (Å²) in [6.07, 6.45) is 4.64. The number of nitrogens with one attached hydrogen (secondary N) is 2. The third-order valence-corrected chi connectivity index (χ3v) is 5.97. The van der Waals surface area contributed by atoms with Gasteiger partial charge in [-0.05, 0) is 62.5 Å². The van der Waals surface area contributed by atoms with Crippen molar-refractivity contribution in [3.8, 4) is 0 Å². The number of carbonyl (C=O) groups excluding carboxylic acids is 1. The summed E-state index contributed by atoms with van der Waals surface area (Å²) >= 11 is 0. The molecule has 1 aromatic carbocycles. The molecule has 1 aliphatic rings. The molecule has 1 aliphatic heterocycles. The normalized spacial score (nSPS) is 16.7. The Kier molecular flexibility index (Phi) is 5.99. The lowest BCUT2D eigenvalue weighted by Gasteiger charge is -2.23. The monoisotopic (exact) mass is 407 g/mol. The second-order valence-electron chi connectivity index (χ2n) is 8.13. The summed E-state index contributed by atoms with van der Waals surface area (Å²) in [4.78, 5) is 30.4. The first-order valence-corrected chi connectivity index (χ1v) is 10.6. The van der Waals surface area contributed by atoms with Crippen LogP contribution in [-0.4, -0.2) is 39.7 Å². The molecule has 0 spiro atoms. The van der Waals surface area contributed by atoms with E-state index in [1.165, 1.54) is 0 Å². The lowest BCUT2D eigenvalue weighted by Crippen LogP contribution is -2.38. The third-order valence-electron chi connectivity index (χ3n) is 5.97. The number of nitrogens with zero attached hydrogens (tertiary/aromatic N) is 3. The summed E-state index contributed by atoms with van der Waals surface area (Å²) in [6.45, 7) is 4.84. The molecule has 30 heavy (non-hydrogen) atoms. The van der Waals surface area contributed by atoms with E-state index in [0.29, 0.717) is 31.0 Å². The molecule has 2 aromatic heterocycles. The number of pyridine rings is 1. The standard InChI is InChI=1S/C23H29N5O2/c1-16-10-13-28(15-17-6-5-11-24-14-17)23(30)21(16)22(29)25-12-9-20-26-18-7-3-4-8-19(18)27(20)2/h3-4,7-8,10,13,17,24H,5-6,9,11-12,14-15H2,1-2H3,(H,25,29). The van der Waals surface area contributed by atoms with Gasteiger partial charge in [0.05, 0.1) is 11.0 Å². The fraction of sp³-hybridized carbons (Fsp3) is 0.435. The quantitative estimate of drug-likeness (QED) is 0.655. The Labute approximate surface area is 176 Å². The minimum atomic E-state index is -0.313. The van der Waals surface area contributed by atoms with Crippen LogP contribution in [0.2, 0.25) is 0 Å². The van der Waals surface area contributed by atoms with Crippen LogP contribution >= 0.6 is 0 Å². The average molecular weight is 408 g/mol. The maximum atomic E-state index is 13.0. The van der Waals surface area contributed by atoms with Gasteiger partial charge in [0.15, 0.2) is 0 Å². The molecule has 7 heteroatoms. The van der Waals surface area contributed by atoms with E-state index in [1.54, 1.807) is 4.57 Å². The number of rotatable bonds is 6. The Hall–Kier alpha value is -2.93. The highest BCUT2D eigenvalue weighted by atomic mass is 16.2. The number of aromatic nitrogens is 3. The first-order chi connectivity index (χ1) is 14.5. The van der Waals surface area contributed by atoms with E-state index in [4.69, 9.17) is 0 Å². The number of imidazole rings is 1. The highest BCUT2D eigenvalue weighted by Gasteiger charge is 2.19. The molecule has 7 nitrogen and oxygen atoms in total. The van der Waals surface area contributed by atoms with Gasteiger partial charge in [0.2, 0.25) is 0 Å². The van der Waals surface area contributed by atoms with Gasteiger partial charge < -0.3 is 19.8 Å². The molecule has 0 bridgehead atoms. The van der Waals surface area contributed by atoms with Crippen molar-refractivity contribution in [2.75, 3.05) is 19.6 Å². The van der Waals surface area contributed by atoms with Crippen LogP contribution in [0.1, 0.15) is 34.6 Å². The van der Waals surface area contributed by atoms with Crippen LogP contribution in [0.5, 0.6) is 0 Å². The molecular formula is C23H29N5O2. The summed E-state index contributed by atoms with van der Waals surface area (Å²) in [7, 11) is 1.98. The van der Waals surface area contributed by atoms with Gasteiger partial charge in [-0.15, -0.1) is 0 Å². The van der Waals surface area contributed by atoms with Gasteiger partial charge in [-0.1, -0.05) is 12.1 Å². The number of aryl methyl sites for hydroxylation is 2. The average Bonchev–Trinajstić information content (AvgIpc) is 3.07. The molecule has 1 fully saturated rings. The van der Waals surface area contributed by atoms with E-state index in [9.17, 15) is 9.59 Å². The highest BCUT2D eigenvalue weighted by Crippen LogP contribution is 2.15. The molecule has 1 atom stereocenters. The molecule has 1 unspecified atom stereocenters. The Morgan fingerprint density at radius 3 is 2.90 bits per heavy atom. The molecule has 3 aromatic rings. The molecule has 158 valence electrons. The highest BCUT2D eigenvalue weighted by molar-refractivity contribution is 5.95. The second kappa shape index (κ2) is 8.83. The Balaban J connectivity index is 1.44. The lowest BCUT2D eigenvalue weighted by molar-refractivity contribution is 0.0951. The van der Waals surface area contributed by atoms with Crippen molar-refractivity contribution in [2.45, 2.75) is 32.7 Å². The van der Waals surface area contributed by atoms with Gasteiger partial charge in [0.1, 0.15) is 11.4 Å². The first kappa shape index (κ1) is 20.3. The van der Waals surface area contributed by atoms with Crippen LogP contribution < -0.4 is 16.2 Å². The molecule has 1 amide bonds. The molecule has 1 saturated heterocycles. The SMILES string of the molecule is Cc1ccn(CC2CCCNC2)c(=O)c1C(=O)NCCc1nc2ccccc2n1C. The van der Waals surface area contributed by atoms with E-state index < -0.39 is 0 Å². The zero-order valence-corrected chi connectivity index (χ0v) is 17.6. The minimum Gasteiger partial charge on any atom is -0.351 e.